The minimum absolute atomic E-state index is 0.0820. The Morgan fingerprint density at radius 2 is 2.04 bits per heavy atom. The van der Waals surface area contributed by atoms with E-state index in [1.54, 1.807) is 12.4 Å². The average Bonchev–Trinajstić information content (AvgIpc) is 3.32. The fourth-order valence-corrected chi connectivity index (χ4v) is 4.01. The molecule has 2 N–H and O–H groups in total. The van der Waals surface area contributed by atoms with Crippen LogP contribution in [0, 0.1) is 0 Å². The van der Waals surface area contributed by atoms with E-state index in [1.165, 1.54) is 0 Å². The molecule has 0 unspecified atom stereocenters. The lowest BCUT2D eigenvalue weighted by Crippen LogP contribution is -2.31. The minimum Gasteiger partial charge on any atom is -0.396 e. The topological polar surface area (TPSA) is 66.2 Å². The van der Waals surface area contributed by atoms with Crippen LogP contribution in [0.4, 0.5) is 0 Å². The zero-order valence-corrected chi connectivity index (χ0v) is 16.6. The quantitative estimate of drug-likeness (QED) is 0.604. The number of aromatic nitrogens is 3. The van der Waals surface area contributed by atoms with Crippen LogP contribution >= 0.6 is 23.8 Å². The van der Waals surface area contributed by atoms with Gasteiger partial charge in [0.05, 0.1) is 22.8 Å². The molecule has 6 nitrogen and oxygen atoms in total. The standard InChI is InChI=1S/C20H20ClN5OS/c21-14-7-8-17(23-13-14)25-10-3-6-16(25)19-18(15-5-1-2-9-22-15)24-20(28)26(19)11-4-12-27/h1-3,5-10,13,18-19,27H,4,11-12H2,(H,24,28)/t18-,19+/m0/s1. The summed E-state index contributed by atoms with van der Waals surface area (Å²) in [4.78, 5) is 11.1. The van der Waals surface area contributed by atoms with Crippen LogP contribution in [-0.4, -0.2) is 42.8 Å². The number of thiocarbonyl (C=S) groups is 1. The third-order valence-electron chi connectivity index (χ3n) is 4.80. The molecule has 28 heavy (non-hydrogen) atoms. The normalized spacial score (nSPS) is 19.1. The van der Waals surface area contributed by atoms with Gasteiger partial charge in [0, 0.05) is 37.4 Å². The first-order valence-electron chi connectivity index (χ1n) is 9.07. The maximum absolute atomic E-state index is 9.34. The first-order chi connectivity index (χ1) is 13.7. The van der Waals surface area contributed by atoms with E-state index < -0.39 is 0 Å². The summed E-state index contributed by atoms with van der Waals surface area (Å²) in [6.07, 6.45) is 6.03. The zero-order valence-electron chi connectivity index (χ0n) is 15.1. The first kappa shape index (κ1) is 18.9. The fourth-order valence-electron chi connectivity index (χ4n) is 3.56. The molecule has 0 aliphatic carbocycles. The lowest BCUT2D eigenvalue weighted by Gasteiger charge is -2.28. The molecule has 0 saturated carbocycles. The third-order valence-corrected chi connectivity index (χ3v) is 5.37. The molecule has 0 amide bonds. The highest BCUT2D eigenvalue weighted by molar-refractivity contribution is 7.80. The summed E-state index contributed by atoms with van der Waals surface area (Å²) in [5.41, 5.74) is 1.95. The van der Waals surface area contributed by atoms with Gasteiger partial charge in [-0.05, 0) is 55.0 Å². The van der Waals surface area contributed by atoms with E-state index in [0.717, 1.165) is 17.2 Å². The van der Waals surface area contributed by atoms with Crippen molar-refractivity contribution in [3.8, 4) is 5.82 Å². The molecule has 2 atom stereocenters. The largest absolute Gasteiger partial charge is 0.396 e. The van der Waals surface area contributed by atoms with Gasteiger partial charge in [-0.25, -0.2) is 4.98 Å². The highest BCUT2D eigenvalue weighted by Gasteiger charge is 2.40. The van der Waals surface area contributed by atoms with Crippen molar-refractivity contribution in [2.75, 3.05) is 13.2 Å². The summed E-state index contributed by atoms with van der Waals surface area (Å²) in [6, 6.07) is 13.5. The summed E-state index contributed by atoms with van der Waals surface area (Å²) in [5, 5.41) is 14.0. The molecule has 3 aromatic rings. The number of nitrogens with zero attached hydrogens (tertiary/aromatic N) is 4. The van der Waals surface area contributed by atoms with Crippen LogP contribution in [0.5, 0.6) is 0 Å². The van der Waals surface area contributed by atoms with Gasteiger partial charge in [-0.1, -0.05) is 17.7 Å². The van der Waals surface area contributed by atoms with Gasteiger partial charge in [0.2, 0.25) is 0 Å². The Bertz CT molecular complexity index is 947. The molecule has 0 bridgehead atoms. The van der Waals surface area contributed by atoms with Gasteiger partial charge in [-0.2, -0.15) is 0 Å². The Labute approximate surface area is 173 Å². The Morgan fingerprint density at radius 3 is 2.75 bits per heavy atom. The molecule has 8 heteroatoms. The Hall–Kier alpha value is -2.48. The lowest BCUT2D eigenvalue weighted by atomic mass is 10.0. The monoisotopic (exact) mass is 413 g/mol. The second kappa shape index (κ2) is 8.26. The number of hydrogen-bond donors (Lipinski definition) is 2. The molecule has 4 heterocycles. The number of pyridine rings is 2. The number of halogens is 1. The Kier molecular flexibility index (Phi) is 5.57. The van der Waals surface area contributed by atoms with Crippen LogP contribution in [0.15, 0.2) is 61.1 Å². The third kappa shape index (κ3) is 3.61. The number of rotatable bonds is 6. The minimum atomic E-state index is -0.103. The maximum Gasteiger partial charge on any atom is 0.170 e. The molecule has 1 saturated heterocycles. The molecule has 1 fully saturated rings. The number of hydrogen-bond acceptors (Lipinski definition) is 4. The van der Waals surface area contributed by atoms with Crippen molar-refractivity contribution in [1.29, 1.82) is 0 Å². The van der Waals surface area contributed by atoms with Crippen LogP contribution in [0.1, 0.15) is 29.9 Å². The van der Waals surface area contributed by atoms with Crippen LogP contribution in [0.25, 0.3) is 5.82 Å². The molecule has 144 valence electrons. The van der Waals surface area contributed by atoms with Crippen LogP contribution < -0.4 is 5.32 Å². The van der Waals surface area contributed by atoms with E-state index in [4.69, 9.17) is 23.8 Å². The molecule has 0 aromatic carbocycles. The van der Waals surface area contributed by atoms with Crippen molar-refractivity contribution in [1.82, 2.24) is 24.8 Å². The van der Waals surface area contributed by atoms with Gasteiger partial charge in [-0.3, -0.25) is 4.98 Å². The van der Waals surface area contributed by atoms with E-state index in [1.807, 2.05) is 47.2 Å². The van der Waals surface area contributed by atoms with Gasteiger partial charge in [-0.15, -0.1) is 0 Å². The van der Waals surface area contributed by atoms with Crippen molar-refractivity contribution < 1.29 is 5.11 Å². The second-order valence-corrected chi connectivity index (χ2v) is 7.36. The van der Waals surface area contributed by atoms with Crippen molar-refractivity contribution in [2.24, 2.45) is 0 Å². The number of aliphatic hydroxyl groups excluding tert-OH is 1. The Balaban J connectivity index is 1.78. The summed E-state index contributed by atoms with van der Waals surface area (Å²) in [5.74, 6) is 0.782. The van der Waals surface area contributed by atoms with Crippen LogP contribution in [0.2, 0.25) is 5.02 Å². The van der Waals surface area contributed by atoms with Crippen LogP contribution in [-0.2, 0) is 0 Å². The van der Waals surface area contributed by atoms with Crippen molar-refractivity contribution in [3.63, 3.8) is 0 Å². The number of aliphatic hydroxyl groups is 1. The molecule has 1 aliphatic rings. The van der Waals surface area contributed by atoms with Crippen molar-refractivity contribution >= 4 is 28.9 Å². The molecule has 3 aromatic heterocycles. The molecular formula is C20H20ClN5OS. The summed E-state index contributed by atoms with van der Waals surface area (Å²) < 4.78 is 2.04. The highest BCUT2D eigenvalue weighted by atomic mass is 35.5. The predicted octanol–water partition coefficient (Wildman–Crippen LogP) is 3.28. The fraction of sp³-hybridized carbons (Fsp3) is 0.250. The van der Waals surface area contributed by atoms with E-state index in [9.17, 15) is 5.11 Å². The highest BCUT2D eigenvalue weighted by Crippen LogP contribution is 2.39. The van der Waals surface area contributed by atoms with Gasteiger partial charge >= 0.3 is 0 Å². The molecule has 0 spiro atoms. The van der Waals surface area contributed by atoms with Gasteiger partial charge < -0.3 is 19.9 Å². The van der Waals surface area contributed by atoms with Gasteiger partial charge in [0.1, 0.15) is 5.82 Å². The second-order valence-electron chi connectivity index (χ2n) is 6.53. The zero-order chi connectivity index (χ0) is 19.5. The Morgan fingerprint density at radius 1 is 1.14 bits per heavy atom. The molecule has 1 aliphatic heterocycles. The van der Waals surface area contributed by atoms with Crippen LogP contribution in [0.3, 0.4) is 0 Å². The van der Waals surface area contributed by atoms with Gasteiger partial charge in [0.25, 0.3) is 0 Å². The molecular weight excluding hydrogens is 394 g/mol. The van der Waals surface area contributed by atoms with Crippen molar-refractivity contribution in [3.05, 3.63) is 77.5 Å². The molecule has 4 rings (SSSR count). The lowest BCUT2D eigenvalue weighted by molar-refractivity contribution is 0.244. The predicted molar refractivity (Wildman–Crippen MR) is 112 cm³/mol. The summed E-state index contributed by atoms with van der Waals surface area (Å²) in [6.45, 7) is 0.759. The smallest absolute Gasteiger partial charge is 0.170 e. The summed E-state index contributed by atoms with van der Waals surface area (Å²) in [7, 11) is 0. The van der Waals surface area contributed by atoms with E-state index in [0.29, 0.717) is 23.1 Å². The summed E-state index contributed by atoms with van der Waals surface area (Å²) >= 11 is 11.6. The van der Waals surface area contributed by atoms with E-state index >= 15 is 0 Å². The number of nitrogens with one attached hydrogen (secondary N) is 1. The van der Waals surface area contributed by atoms with Gasteiger partial charge in [0.15, 0.2) is 5.11 Å². The first-order valence-corrected chi connectivity index (χ1v) is 9.86. The van der Waals surface area contributed by atoms with Crippen molar-refractivity contribution in [2.45, 2.75) is 18.5 Å². The maximum atomic E-state index is 9.34. The average molecular weight is 414 g/mol. The van der Waals surface area contributed by atoms with E-state index in [-0.39, 0.29) is 18.7 Å². The van der Waals surface area contributed by atoms with E-state index in [2.05, 4.69) is 26.3 Å². The molecule has 0 radical (unpaired) electrons. The SMILES string of the molecule is OCCCN1C(=S)N[C@@H](c2ccccn2)[C@H]1c1cccn1-c1ccc(Cl)cn1.